The van der Waals surface area contributed by atoms with E-state index in [-0.39, 0.29) is 41.8 Å². The fourth-order valence-corrected chi connectivity index (χ4v) is 11.2. The predicted octanol–water partition coefficient (Wildman–Crippen LogP) is 5.64. The van der Waals surface area contributed by atoms with Crippen LogP contribution in [0.1, 0.15) is 102 Å². The number of carbonyl (C=O) groups is 4. The Labute approximate surface area is 389 Å². The first-order valence-electron chi connectivity index (χ1n) is 23.6. The molecule has 68 heavy (non-hydrogen) atoms. The summed E-state index contributed by atoms with van der Waals surface area (Å²) in [6.45, 7) is 6.62. The number of rotatable bonds is 9. The van der Waals surface area contributed by atoms with Crippen LogP contribution in [-0.4, -0.2) is 113 Å². The Morgan fingerprint density at radius 3 is 2.57 bits per heavy atom. The lowest BCUT2D eigenvalue weighted by Crippen LogP contribution is -2.52. The molecule has 0 spiro atoms. The van der Waals surface area contributed by atoms with Crippen LogP contribution in [0, 0.1) is 0 Å². The van der Waals surface area contributed by atoms with Crippen molar-refractivity contribution in [1.82, 2.24) is 49.4 Å². The number of piperidine rings is 1. The van der Waals surface area contributed by atoms with E-state index < -0.39 is 18.4 Å². The lowest BCUT2D eigenvalue weighted by atomic mass is 9.91. The molecule has 6 aromatic rings. The maximum absolute atomic E-state index is 15.5. The third-order valence-electron chi connectivity index (χ3n) is 14.9. The second kappa shape index (κ2) is 16.6. The van der Waals surface area contributed by atoms with Crippen molar-refractivity contribution in [3.8, 4) is 11.1 Å². The number of imide groups is 1. The van der Waals surface area contributed by atoms with Gasteiger partial charge in [-0.15, -0.1) is 5.10 Å². The largest absolute Gasteiger partial charge is 0.381 e. The van der Waals surface area contributed by atoms with Crippen LogP contribution in [-0.2, 0) is 51.6 Å². The minimum Gasteiger partial charge on any atom is -0.381 e. The fourth-order valence-electron chi connectivity index (χ4n) is 11.2. The van der Waals surface area contributed by atoms with Gasteiger partial charge in [0.05, 0.1) is 36.9 Å². The predicted molar refractivity (Wildman–Crippen MR) is 244 cm³/mol. The van der Waals surface area contributed by atoms with E-state index in [2.05, 4.69) is 35.1 Å². The first-order chi connectivity index (χ1) is 33.1. The topological polar surface area (TPSA) is 169 Å². The summed E-state index contributed by atoms with van der Waals surface area (Å²) in [6.07, 6.45) is 8.97. The van der Waals surface area contributed by atoms with Gasteiger partial charge in [0, 0.05) is 129 Å². The summed E-state index contributed by atoms with van der Waals surface area (Å²) in [5.74, 6) is -0.195. The Bertz CT molecular complexity index is 3040. The van der Waals surface area contributed by atoms with Gasteiger partial charge in [-0.05, 0) is 85.2 Å². The zero-order chi connectivity index (χ0) is 46.4. The Morgan fingerprint density at radius 1 is 0.912 bits per heavy atom. The quantitative estimate of drug-likeness (QED) is 0.178. The second-order valence-electron chi connectivity index (χ2n) is 18.9. The molecule has 6 aliphatic rings. The van der Waals surface area contributed by atoms with E-state index in [4.69, 9.17) is 9.84 Å². The van der Waals surface area contributed by atoms with Crippen molar-refractivity contribution in [2.24, 2.45) is 0 Å². The molecule has 350 valence electrons. The van der Waals surface area contributed by atoms with E-state index >= 15 is 8.78 Å². The molecule has 0 radical (unpaired) electrons. The van der Waals surface area contributed by atoms with Gasteiger partial charge in [-0.25, -0.2) is 13.5 Å². The summed E-state index contributed by atoms with van der Waals surface area (Å²) in [5, 5.41) is 17.4. The van der Waals surface area contributed by atoms with Gasteiger partial charge in [0.25, 0.3) is 12.3 Å². The number of nitrogens with one attached hydrogen (secondary N) is 1. The first kappa shape index (κ1) is 42.3. The number of pyridine rings is 1. The highest BCUT2D eigenvalue weighted by atomic mass is 19.3. The molecule has 3 fully saturated rings. The van der Waals surface area contributed by atoms with E-state index in [1.54, 1.807) is 30.3 Å². The molecule has 0 aliphatic carbocycles. The molecule has 0 bridgehead atoms. The van der Waals surface area contributed by atoms with Crippen LogP contribution in [0.2, 0.25) is 0 Å². The van der Waals surface area contributed by atoms with E-state index in [9.17, 15) is 19.2 Å². The van der Waals surface area contributed by atoms with Crippen molar-refractivity contribution in [1.29, 1.82) is 0 Å². The van der Waals surface area contributed by atoms with Gasteiger partial charge in [-0.2, -0.15) is 5.10 Å². The number of benzene rings is 2. The zero-order valence-corrected chi connectivity index (χ0v) is 37.6. The van der Waals surface area contributed by atoms with Crippen molar-refractivity contribution < 1.29 is 32.7 Å². The molecule has 19 heteroatoms. The van der Waals surface area contributed by atoms with Crippen LogP contribution in [0.4, 0.5) is 26.0 Å². The number of halogens is 2. The molecule has 2 aromatic carbocycles. The molecule has 12 rings (SSSR count). The smallest absolute Gasteiger partial charge is 0.264 e. The summed E-state index contributed by atoms with van der Waals surface area (Å²) in [6, 6.07) is 10.8. The van der Waals surface area contributed by atoms with Gasteiger partial charge in [0.2, 0.25) is 17.7 Å². The SMILES string of the molecule is CC(=O)N1CCc2c(c(N3CCCc4cc(-c5cn(Cc6cn(C7CN(c8ccc9c(c8)CN(C8CCC(=O)NC8=O)C9=O)C7)nn6)c6ccncc56)c(C(F)F)cc43)nn2C2CCOCC2)C1. The maximum Gasteiger partial charge on any atom is 0.264 e. The molecule has 1 unspecified atom stereocenters. The second-order valence-corrected chi connectivity index (χ2v) is 18.9. The standard InChI is InChI=1S/C49H50F2N12O5/c1-28(64)57-14-9-42-40(27-57)47(55-63(42)32-10-15-68-16-11-32)60-13-2-3-29-18-36(37(46(50)51)19-44(29)60)39-26-59(41-8-12-52-20-38(39)41)22-31-23-62(56-54-31)34-24-58(25-34)33-4-5-35-30(17-33)21-61(49(35)67)43-6-7-45(65)53-48(43)66/h4-5,8,12,17-20,23,26,32,34,43,46H,2-3,6-7,9-11,13-16,21-22,24-25,27H2,1H3,(H,53,65,66). The van der Waals surface area contributed by atoms with Crippen molar-refractivity contribution >= 4 is 51.7 Å². The number of carbonyl (C=O) groups excluding carboxylic acids is 4. The van der Waals surface area contributed by atoms with Gasteiger partial charge in [-0.3, -0.25) is 34.2 Å². The summed E-state index contributed by atoms with van der Waals surface area (Å²) < 4.78 is 42.7. The number of anilines is 3. The molecule has 3 saturated heterocycles. The average Bonchev–Trinajstić information content (AvgIpc) is 4.12. The molecule has 10 heterocycles. The monoisotopic (exact) mass is 924 g/mol. The molecular weight excluding hydrogens is 875 g/mol. The van der Waals surface area contributed by atoms with Crippen LogP contribution in [0.3, 0.4) is 0 Å². The third-order valence-corrected chi connectivity index (χ3v) is 14.9. The number of nitrogens with zero attached hydrogens (tertiary/aromatic N) is 11. The first-order valence-corrected chi connectivity index (χ1v) is 23.6. The number of ether oxygens (including phenoxy) is 1. The van der Waals surface area contributed by atoms with Crippen molar-refractivity contribution in [3.63, 3.8) is 0 Å². The molecule has 0 saturated carbocycles. The number of hydrogen-bond acceptors (Lipinski definition) is 11. The van der Waals surface area contributed by atoms with Gasteiger partial charge in [0.1, 0.15) is 11.7 Å². The van der Waals surface area contributed by atoms with Crippen molar-refractivity contribution in [3.05, 3.63) is 100 Å². The third kappa shape index (κ3) is 7.20. The molecule has 4 amide bonds. The molecular formula is C49H50F2N12O5. The van der Waals surface area contributed by atoms with Crippen LogP contribution < -0.4 is 15.1 Å². The minimum atomic E-state index is -2.76. The lowest BCUT2D eigenvalue weighted by Gasteiger charge is -2.40. The lowest BCUT2D eigenvalue weighted by molar-refractivity contribution is -0.137. The van der Waals surface area contributed by atoms with E-state index in [1.165, 1.54) is 0 Å². The van der Waals surface area contributed by atoms with Gasteiger partial charge >= 0.3 is 0 Å². The minimum absolute atomic E-state index is 0.00420. The van der Waals surface area contributed by atoms with Gasteiger partial charge in [-0.1, -0.05) is 5.21 Å². The molecule has 4 aromatic heterocycles. The number of aryl methyl sites for hydroxylation is 1. The Kier molecular flexibility index (Phi) is 10.4. The molecule has 17 nitrogen and oxygen atoms in total. The highest BCUT2D eigenvalue weighted by molar-refractivity contribution is 6.05. The van der Waals surface area contributed by atoms with E-state index in [0.29, 0.717) is 88.6 Å². The molecule has 1 N–H and O–H groups in total. The average molecular weight is 925 g/mol. The summed E-state index contributed by atoms with van der Waals surface area (Å²) in [7, 11) is 0. The number of alkyl halides is 2. The van der Waals surface area contributed by atoms with Crippen LogP contribution >= 0.6 is 0 Å². The highest BCUT2D eigenvalue weighted by Crippen LogP contribution is 2.45. The summed E-state index contributed by atoms with van der Waals surface area (Å²) in [5.41, 5.74) is 8.83. The van der Waals surface area contributed by atoms with E-state index in [1.807, 2.05) is 56.9 Å². The normalized spacial score (nSPS) is 20.0. The van der Waals surface area contributed by atoms with Crippen LogP contribution in [0.15, 0.2) is 61.2 Å². The van der Waals surface area contributed by atoms with Crippen molar-refractivity contribution in [2.75, 3.05) is 49.2 Å². The fraction of sp³-hybridized carbons (Fsp3) is 0.429. The number of hydrogen-bond donors (Lipinski definition) is 1. The zero-order valence-electron chi connectivity index (χ0n) is 37.6. The van der Waals surface area contributed by atoms with Gasteiger partial charge < -0.3 is 28.9 Å². The number of fused-ring (bicyclic) bond motifs is 4. The molecule has 1 atom stereocenters. The summed E-state index contributed by atoms with van der Waals surface area (Å²) >= 11 is 0. The highest BCUT2D eigenvalue weighted by Gasteiger charge is 2.40. The van der Waals surface area contributed by atoms with Crippen LogP contribution in [0.25, 0.3) is 22.0 Å². The molecule has 6 aliphatic heterocycles. The van der Waals surface area contributed by atoms with Gasteiger partial charge in [0.15, 0.2) is 5.82 Å². The van der Waals surface area contributed by atoms with Crippen molar-refractivity contribution in [2.45, 2.75) is 96.1 Å². The number of aromatic nitrogens is 7. The number of amides is 4. The summed E-state index contributed by atoms with van der Waals surface area (Å²) in [4.78, 5) is 62.2. The maximum atomic E-state index is 15.5. The Balaban J connectivity index is 0.790. The van der Waals surface area contributed by atoms with E-state index in [0.717, 1.165) is 81.9 Å². The Hall–Kier alpha value is -7.02. The van der Waals surface area contributed by atoms with Crippen LogP contribution in [0.5, 0.6) is 0 Å². The Morgan fingerprint density at radius 2 is 1.76 bits per heavy atom.